The van der Waals surface area contributed by atoms with Crippen LogP contribution in [0.4, 0.5) is 8.78 Å². The summed E-state index contributed by atoms with van der Waals surface area (Å²) in [6.45, 7) is 1.56. The average molecular weight is 332 g/mol. The highest BCUT2D eigenvalue weighted by Gasteiger charge is 2.25. The van der Waals surface area contributed by atoms with E-state index in [9.17, 15) is 17.2 Å². The summed E-state index contributed by atoms with van der Waals surface area (Å²) in [5.41, 5.74) is 0.586. The van der Waals surface area contributed by atoms with Crippen molar-refractivity contribution in [2.24, 2.45) is 0 Å². The molecule has 2 rings (SSSR count). The lowest BCUT2D eigenvalue weighted by Crippen LogP contribution is -2.28. The first-order valence-electron chi connectivity index (χ1n) is 6.03. The molecule has 0 fully saturated rings. The Kier molecular flexibility index (Phi) is 4.61. The predicted octanol–water partition coefficient (Wildman–Crippen LogP) is 3.66. The van der Waals surface area contributed by atoms with E-state index in [2.05, 4.69) is 4.72 Å². The summed E-state index contributed by atoms with van der Waals surface area (Å²) >= 11 is 5.83. The largest absolute Gasteiger partial charge is 0.246 e. The van der Waals surface area contributed by atoms with Gasteiger partial charge in [0.25, 0.3) is 0 Å². The van der Waals surface area contributed by atoms with E-state index in [4.69, 9.17) is 11.6 Å². The highest BCUT2D eigenvalue weighted by Crippen LogP contribution is 2.22. The fourth-order valence-corrected chi connectivity index (χ4v) is 3.44. The predicted molar refractivity (Wildman–Crippen MR) is 76.5 cm³/mol. The van der Waals surface area contributed by atoms with Crippen molar-refractivity contribution in [1.29, 1.82) is 0 Å². The molecule has 0 radical (unpaired) electrons. The summed E-state index contributed by atoms with van der Waals surface area (Å²) in [5.74, 6) is -2.28. The van der Waals surface area contributed by atoms with E-state index >= 15 is 0 Å². The van der Waals surface area contributed by atoms with Crippen molar-refractivity contribution in [3.63, 3.8) is 0 Å². The van der Waals surface area contributed by atoms with E-state index in [1.165, 1.54) is 0 Å². The molecular formula is C14H12ClF2NO2S. The Balaban J connectivity index is 2.34. The molecule has 1 atom stereocenters. The fraction of sp³-hybridized carbons (Fsp3) is 0.143. The Hall–Kier alpha value is -1.50. The third kappa shape index (κ3) is 3.58. The van der Waals surface area contributed by atoms with Gasteiger partial charge in [-0.15, -0.1) is 0 Å². The SMILES string of the molecule is C[C@H](NS(=O)(=O)c1c(F)cccc1F)c1cccc(Cl)c1. The molecule has 0 bridgehead atoms. The first kappa shape index (κ1) is 15.9. The zero-order valence-corrected chi connectivity index (χ0v) is 12.5. The van der Waals surface area contributed by atoms with Crippen LogP contribution in [0.1, 0.15) is 18.5 Å². The monoisotopic (exact) mass is 331 g/mol. The lowest BCUT2D eigenvalue weighted by Gasteiger charge is -2.15. The van der Waals surface area contributed by atoms with Gasteiger partial charge in [0.05, 0.1) is 0 Å². The van der Waals surface area contributed by atoms with Crippen molar-refractivity contribution in [3.8, 4) is 0 Å². The van der Waals surface area contributed by atoms with Crippen LogP contribution in [-0.4, -0.2) is 8.42 Å². The number of nitrogens with one attached hydrogen (secondary N) is 1. The summed E-state index contributed by atoms with van der Waals surface area (Å²) in [4.78, 5) is -0.987. The minimum Gasteiger partial charge on any atom is -0.207 e. The molecule has 1 N–H and O–H groups in total. The maximum Gasteiger partial charge on any atom is 0.246 e. The Bertz CT molecular complexity index is 745. The van der Waals surface area contributed by atoms with Gasteiger partial charge in [-0.2, -0.15) is 0 Å². The number of sulfonamides is 1. The van der Waals surface area contributed by atoms with Gasteiger partial charge in [0, 0.05) is 11.1 Å². The van der Waals surface area contributed by atoms with Crippen molar-refractivity contribution in [2.45, 2.75) is 17.9 Å². The van der Waals surface area contributed by atoms with Crippen LogP contribution < -0.4 is 4.72 Å². The molecular weight excluding hydrogens is 320 g/mol. The second-order valence-corrected chi connectivity index (χ2v) is 6.54. The molecule has 0 heterocycles. The van der Waals surface area contributed by atoms with Gasteiger partial charge in [0.1, 0.15) is 11.6 Å². The Morgan fingerprint density at radius 2 is 1.67 bits per heavy atom. The topological polar surface area (TPSA) is 46.2 Å². The van der Waals surface area contributed by atoms with E-state index in [-0.39, 0.29) is 0 Å². The highest BCUT2D eigenvalue weighted by molar-refractivity contribution is 7.89. The van der Waals surface area contributed by atoms with Crippen LogP contribution in [0.5, 0.6) is 0 Å². The molecule has 3 nitrogen and oxygen atoms in total. The number of hydrogen-bond acceptors (Lipinski definition) is 2. The maximum absolute atomic E-state index is 13.6. The molecule has 0 unspecified atom stereocenters. The molecule has 2 aromatic rings. The first-order chi connectivity index (χ1) is 9.81. The van der Waals surface area contributed by atoms with Crippen LogP contribution in [0.2, 0.25) is 5.02 Å². The quantitative estimate of drug-likeness (QED) is 0.929. The van der Waals surface area contributed by atoms with Crippen molar-refractivity contribution >= 4 is 21.6 Å². The number of halogens is 3. The minimum atomic E-state index is -4.32. The Morgan fingerprint density at radius 1 is 1.10 bits per heavy atom. The first-order valence-corrected chi connectivity index (χ1v) is 7.89. The molecule has 0 saturated heterocycles. The average Bonchev–Trinajstić information content (AvgIpc) is 2.37. The molecule has 0 aliphatic rings. The fourth-order valence-electron chi connectivity index (χ4n) is 1.87. The van der Waals surface area contributed by atoms with E-state index in [0.29, 0.717) is 10.6 Å². The zero-order chi connectivity index (χ0) is 15.6. The summed E-state index contributed by atoms with van der Waals surface area (Å²) in [7, 11) is -4.32. The van der Waals surface area contributed by atoms with Gasteiger partial charge >= 0.3 is 0 Å². The molecule has 0 aliphatic heterocycles. The lowest BCUT2D eigenvalue weighted by atomic mass is 10.1. The third-order valence-corrected chi connectivity index (χ3v) is 4.69. The zero-order valence-electron chi connectivity index (χ0n) is 11.0. The van der Waals surface area contributed by atoms with Crippen LogP contribution in [0.3, 0.4) is 0 Å². The van der Waals surface area contributed by atoms with Crippen LogP contribution in [0.25, 0.3) is 0 Å². The van der Waals surface area contributed by atoms with E-state index < -0.39 is 32.6 Å². The van der Waals surface area contributed by atoms with E-state index in [1.54, 1.807) is 31.2 Å². The molecule has 21 heavy (non-hydrogen) atoms. The molecule has 112 valence electrons. The van der Waals surface area contributed by atoms with Crippen molar-refractivity contribution in [2.75, 3.05) is 0 Å². The summed E-state index contributed by atoms with van der Waals surface area (Å²) in [6.07, 6.45) is 0. The molecule has 2 aromatic carbocycles. The molecule has 7 heteroatoms. The van der Waals surface area contributed by atoms with Gasteiger partial charge < -0.3 is 0 Å². The summed E-state index contributed by atoms with van der Waals surface area (Å²) < 4.78 is 53.6. The smallest absolute Gasteiger partial charge is 0.207 e. The minimum absolute atomic E-state index is 0.440. The van der Waals surface area contributed by atoms with E-state index in [1.807, 2.05) is 0 Å². The second kappa shape index (κ2) is 6.09. The standard InChI is InChI=1S/C14H12ClF2NO2S/c1-9(10-4-2-5-11(15)8-10)18-21(19,20)14-12(16)6-3-7-13(14)17/h2-9,18H,1H3/t9-/m0/s1. The highest BCUT2D eigenvalue weighted by atomic mass is 35.5. The van der Waals surface area contributed by atoms with Gasteiger partial charge in [-0.1, -0.05) is 29.8 Å². The van der Waals surface area contributed by atoms with Crippen LogP contribution in [0, 0.1) is 11.6 Å². The molecule has 0 aromatic heterocycles. The maximum atomic E-state index is 13.6. The third-order valence-electron chi connectivity index (χ3n) is 2.87. The molecule has 0 aliphatic carbocycles. The van der Waals surface area contributed by atoms with Crippen LogP contribution in [-0.2, 0) is 10.0 Å². The number of hydrogen-bond donors (Lipinski definition) is 1. The molecule has 0 amide bonds. The Morgan fingerprint density at radius 3 is 2.24 bits per heavy atom. The van der Waals surface area contributed by atoms with Crippen molar-refractivity contribution in [1.82, 2.24) is 4.72 Å². The van der Waals surface area contributed by atoms with E-state index in [0.717, 1.165) is 18.2 Å². The normalized spacial score (nSPS) is 13.1. The molecule has 0 saturated carbocycles. The van der Waals surface area contributed by atoms with Gasteiger partial charge in [-0.3, -0.25) is 0 Å². The van der Waals surface area contributed by atoms with Crippen molar-refractivity contribution in [3.05, 3.63) is 64.7 Å². The number of rotatable bonds is 4. The summed E-state index contributed by atoms with van der Waals surface area (Å²) in [5, 5.41) is 0.440. The van der Waals surface area contributed by atoms with Gasteiger partial charge in [0.2, 0.25) is 10.0 Å². The lowest BCUT2D eigenvalue weighted by molar-refractivity contribution is 0.509. The van der Waals surface area contributed by atoms with Crippen LogP contribution >= 0.6 is 11.6 Å². The van der Waals surface area contributed by atoms with Gasteiger partial charge in [0.15, 0.2) is 4.90 Å². The second-order valence-electron chi connectivity index (χ2n) is 4.45. The Labute approximate surface area is 126 Å². The number of benzene rings is 2. The van der Waals surface area contributed by atoms with Crippen LogP contribution in [0.15, 0.2) is 47.4 Å². The van der Waals surface area contributed by atoms with Crippen molar-refractivity contribution < 1.29 is 17.2 Å². The molecule has 0 spiro atoms. The summed E-state index contributed by atoms with van der Waals surface area (Å²) in [6, 6.07) is 8.73. The van der Waals surface area contributed by atoms with Gasteiger partial charge in [-0.05, 0) is 36.8 Å². The van der Waals surface area contributed by atoms with Gasteiger partial charge in [-0.25, -0.2) is 21.9 Å².